The summed E-state index contributed by atoms with van der Waals surface area (Å²) in [6, 6.07) is 8.18. The maximum absolute atomic E-state index is 13.1. The van der Waals surface area contributed by atoms with Gasteiger partial charge in [0, 0.05) is 11.4 Å². The van der Waals surface area contributed by atoms with Crippen LogP contribution in [0.1, 0.15) is 10.4 Å². The van der Waals surface area contributed by atoms with Gasteiger partial charge in [-0.05, 0) is 52.3 Å². The first-order valence-corrected chi connectivity index (χ1v) is 6.11. The third kappa shape index (κ3) is 3.03. The lowest BCUT2D eigenvalue weighted by atomic mass is 10.1. The van der Waals surface area contributed by atoms with Crippen molar-refractivity contribution >= 4 is 33.2 Å². The van der Waals surface area contributed by atoms with Crippen molar-refractivity contribution in [3.05, 3.63) is 52.3 Å². The van der Waals surface area contributed by atoms with Crippen molar-refractivity contribution in [2.24, 2.45) is 0 Å². The minimum Gasteiger partial charge on any atom is -0.508 e. The van der Waals surface area contributed by atoms with Crippen LogP contribution in [0.15, 0.2) is 40.9 Å². The van der Waals surface area contributed by atoms with Gasteiger partial charge in [-0.2, -0.15) is 0 Å². The van der Waals surface area contributed by atoms with Crippen molar-refractivity contribution in [3.8, 4) is 5.75 Å². The van der Waals surface area contributed by atoms with Crippen LogP contribution < -0.4 is 11.1 Å². The highest BCUT2D eigenvalue weighted by Gasteiger charge is 2.11. The fraction of sp³-hybridized carbons (Fsp3) is 0. The number of halogens is 2. The molecule has 0 saturated carbocycles. The monoisotopic (exact) mass is 324 g/mol. The molecule has 0 aliphatic carbocycles. The molecule has 98 valence electrons. The van der Waals surface area contributed by atoms with E-state index in [1.807, 2.05) is 0 Å². The van der Waals surface area contributed by atoms with E-state index in [0.29, 0.717) is 5.69 Å². The third-order valence-electron chi connectivity index (χ3n) is 2.46. The molecular weight excluding hydrogens is 315 g/mol. The summed E-state index contributed by atoms with van der Waals surface area (Å²) in [7, 11) is 0. The van der Waals surface area contributed by atoms with Crippen LogP contribution in [0.5, 0.6) is 5.75 Å². The largest absolute Gasteiger partial charge is 0.508 e. The number of phenols is 1. The highest BCUT2D eigenvalue weighted by atomic mass is 79.9. The van der Waals surface area contributed by atoms with E-state index >= 15 is 0 Å². The molecule has 0 saturated heterocycles. The number of carbonyl (C=O) groups excluding carboxylic acids is 1. The number of nitrogens with two attached hydrogens (primary N) is 1. The lowest BCUT2D eigenvalue weighted by Crippen LogP contribution is -2.14. The van der Waals surface area contributed by atoms with Crippen molar-refractivity contribution < 1.29 is 14.3 Å². The van der Waals surface area contributed by atoms with E-state index in [-0.39, 0.29) is 21.5 Å². The lowest BCUT2D eigenvalue weighted by molar-refractivity contribution is 0.102. The number of nitrogens with one attached hydrogen (secondary N) is 1. The number of rotatable bonds is 2. The van der Waals surface area contributed by atoms with E-state index in [2.05, 4.69) is 21.2 Å². The first-order chi connectivity index (χ1) is 8.97. The van der Waals surface area contributed by atoms with Crippen LogP contribution in [0.25, 0.3) is 0 Å². The van der Waals surface area contributed by atoms with Gasteiger partial charge in [0.1, 0.15) is 11.6 Å². The molecule has 0 aliphatic heterocycles. The molecule has 6 heteroatoms. The van der Waals surface area contributed by atoms with Crippen molar-refractivity contribution in [1.82, 2.24) is 0 Å². The predicted octanol–water partition coefficient (Wildman–Crippen LogP) is 3.13. The van der Waals surface area contributed by atoms with Gasteiger partial charge >= 0.3 is 0 Å². The Hall–Kier alpha value is -2.08. The molecular formula is C13H10BrFN2O2. The zero-order valence-corrected chi connectivity index (χ0v) is 11.2. The summed E-state index contributed by atoms with van der Waals surface area (Å²) in [5.41, 5.74) is 6.47. The van der Waals surface area contributed by atoms with E-state index < -0.39 is 11.7 Å². The Kier molecular flexibility index (Phi) is 3.71. The molecule has 2 aromatic carbocycles. The number of benzene rings is 2. The average Bonchev–Trinajstić information content (AvgIpc) is 2.36. The molecule has 2 rings (SSSR count). The van der Waals surface area contributed by atoms with Gasteiger partial charge in [0.25, 0.3) is 5.91 Å². The molecule has 1 amide bonds. The van der Waals surface area contributed by atoms with E-state index in [4.69, 9.17) is 5.73 Å². The molecule has 2 aromatic rings. The summed E-state index contributed by atoms with van der Waals surface area (Å²) >= 11 is 3.03. The van der Waals surface area contributed by atoms with Crippen molar-refractivity contribution in [2.45, 2.75) is 0 Å². The number of hydrogen-bond acceptors (Lipinski definition) is 3. The van der Waals surface area contributed by atoms with Crippen LogP contribution in [0.3, 0.4) is 0 Å². The summed E-state index contributed by atoms with van der Waals surface area (Å²) in [6.07, 6.45) is 0. The Morgan fingerprint density at radius 3 is 2.68 bits per heavy atom. The van der Waals surface area contributed by atoms with Crippen LogP contribution >= 0.6 is 15.9 Å². The van der Waals surface area contributed by atoms with Crippen LogP contribution in [0.4, 0.5) is 15.8 Å². The summed E-state index contributed by atoms with van der Waals surface area (Å²) in [5, 5.41) is 11.9. The van der Waals surface area contributed by atoms with Gasteiger partial charge < -0.3 is 16.2 Å². The Labute approximate surface area is 117 Å². The van der Waals surface area contributed by atoms with E-state index in [1.54, 1.807) is 0 Å². The molecule has 4 nitrogen and oxygen atoms in total. The molecule has 0 unspecified atom stereocenters. The van der Waals surface area contributed by atoms with Crippen molar-refractivity contribution in [1.29, 1.82) is 0 Å². The molecule has 0 bridgehead atoms. The number of hydrogen-bond donors (Lipinski definition) is 3. The summed E-state index contributed by atoms with van der Waals surface area (Å²) < 4.78 is 13.3. The molecule has 0 fully saturated rings. The van der Waals surface area contributed by atoms with Crippen molar-refractivity contribution in [3.63, 3.8) is 0 Å². The fourth-order valence-corrected chi connectivity index (χ4v) is 1.89. The number of anilines is 2. The van der Waals surface area contributed by atoms with Gasteiger partial charge in [0.15, 0.2) is 0 Å². The van der Waals surface area contributed by atoms with Crippen LogP contribution in [-0.2, 0) is 0 Å². The highest BCUT2D eigenvalue weighted by molar-refractivity contribution is 9.10. The maximum Gasteiger partial charge on any atom is 0.257 e. The summed E-state index contributed by atoms with van der Waals surface area (Å²) in [5.74, 6) is -0.957. The van der Waals surface area contributed by atoms with Gasteiger partial charge in [-0.3, -0.25) is 4.79 Å². The van der Waals surface area contributed by atoms with E-state index in [0.717, 1.165) is 0 Å². The lowest BCUT2D eigenvalue weighted by Gasteiger charge is -2.08. The second-order valence-electron chi connectivity index (χ2n) is 3.85. The zero-order valence-electron chi connectivity index (χ0n) is 9.65. The Morgan fingerprint density at radius 2 is 2.00 bits per heavy atom. The van der Waals surface area contributed by atoms with E-state index in [1.165, 1.54) is 36.4 Å². The normalized spacial score (nSPS) is 10.2. The quantitative estimate of drug-likeness (QED) is 0.586. The van der Waals surface area contributed by atoms with Crippen molar-refractivity contribution in [2.75, 3.05) is 11.1 Å². The second-order valence-corrected chi connectivity index (χ2v) is 4.71. The number of carbonyl (C=O) groups is 1. The number of amides is 1. The minimum absolute atomic E-state index is 0.0559. The number of aromatic hydroxyl groups is 1. The Morgan fingerprint density at radius 1 is 1.26 bits per heavy atom. The minimum atomic E-state index is -0.480. The maximum atomic E-state index is 13.1. The Balaban J connectivity index is 2.25. The standard InChI is InChI=1S/C13H10BrFN2O2/c14-10-5-7(1-3-11(10)15)17-13(19)9-6-8(18)2-4-12(9)16/h1-6,18H,16H2,(H,17,19). The zero-order chi connectivity index (χ0) is 14.0. The molecule has 0 atom stereocenters. The van der Waals surface area contributed by atoms with Gasteiger partial charge in [0.2, 0.25) is 0 Å². The molecule has 0 aliphatic rings. The molecule has 4 N–H and O–H groups in total. The molecule has 19 heavy (non-hydrogen) atoms. The first kappa shape index (κ1) is 13.4. The van der Waals surface area contributed by atoms with Gasteiger partial charge in [-0.1, -0.05) is 0 Å². The summed E-state index contributed by atoms with van der Waals surface area (Å²) in [6.45, 7) is 0. The van der Waals surface area contributed by atoms with Gasteiger partial charge in [-0.15, -0.1) is 0 Å². The molecule has 0 aromatic heterocycles. The molecule has 0 heterocycles. The van der Waals surface area contributed by atoms with Gasteiger partial charge in [0.05, 0.1) is 10.0 Å². The molecule has 0 spiro atoms. The SMILES string of the molecule is Nc1ccc(O)cc1C(=O)Nc1ccc(F)c(Br)c1. The number of phenolic OH excluding ortho intramolecular Hbond substituents is 1. The first-order valence-electron chi connectivity index (χ1n) is 5.32. The number of nitrogen functional groups attached to an aromatic ring is 1. The van der Waals surface area contributed by atoms with E-state index in [9.17, 15) is 14.3 Å². The van der Waals surface area contributed by atoms with Crippen LogP contribution in [0, 0.1) is 5.82 Å². The average molecular weight is 325 g/mol. The summed E-state index contributed by atoms with van der Waals surface area (Å²) in [4.78, 5) is 12.0. The fourth-order valence-electron chi connectivity index (χ4n) is 1.51. The third-order valence-corrected chi connectivity index (χ3v) is 3.07. The topological polar surface area (TPSA) is 75.3 Å². The Bertz CT molecular complexity index is 647. The smallest absolute Gasteiger partial charge is 0.257 e. The second kappa shape index (κ2) is 5.27. The molecule has 0 radical (unpaired) electrons. The van der Waals surface area contributed by atoms with Crippen LogP contribution in [0.2, 0.25) is 0 Å². The predicted molar refractivity (Wildman–Crippen MR) is 74.6 cm³/mol. The van der Waals surface area contributed by atoms with Crippen LogP contribution in [-0.4, -0.2) is 11.0 Å². The highest BCUT2D eigenvalue weighted by Crippen LogP contribution is 2.23. The van der Waals surface area contributed by atoms with Gasteiger partial charge in [-0.25, -0.2) is 4.39 Å².